The van der Waals surface area contributed by atoms with Gasteiger partial charge in [-0.2, -0.15) is 0 Å². The first-order chi connectivity index (χ1) is 7.44. The minimum atomic E-state index is -0.0954. The van der Waals surface area contributed by atoms with Crippen LogP contribution in [0.4, 0.5) is 0 Å². The lowest BCUT2D eigenvalue weighted by Crippen LogP contribution is -2.31. The number of hydrogen-bond donors (Lipinski definition) is 2. The van der Waals surface area contributed by atoms with E-state index in [1.807, 2.05) is 32.0 Å². The molecule has 4 heteroatoms. The quantitative estimate of drug-likeness (QED) is 0.875. The van der Waals surface area contributed by atoms with Gasteiger partial charge in [0.05, 0.1) is 0 Å². The van der Waals surface area contributed by atoms with Crippen molar-refractivity contribution < 1.29 is 5.11 Å². The number of rotatable bonds is 5. The Morgan fingerprint density at radius 2 is 2.12 bits per heavy atom. The van der Waals surface area contributed by atoms with E-state index in [1.165, 1.54) is 0 Å². The van der Waals surface area contributed by atoms with Crippen LogP contribution in [0.25, 0.3) is 0 Å². The summed E-state index contributed by atoms with van der Waals surface area (Å²) in [5.41, 5.74) is 0.973. The molecule has 0 fully saturated rings. The van der Waals surface area contributed by atoms with Crippen molar-refractivity contribution in [2.75, 3.05) is 13.2 Å². The molecule has 0 unspecified atom stereocenters. The van der Waals surface area contributed by atoms with Crippen molar-refractivity contribution in [3.63, 3.8) is 0 Å². The van der Waals surface area contributed by atoms with E-state index < -0.39 is 0 Å². The van der Waals surface area contributed by atoms with Crippen molar-refractivity contribution in [1.82, 2.24) is 5.32 Å². The highest BCUT2D eigenvalue weighted by Gasteiger charge is 2.15. The van der Waals surface area contributed by atoms with E-state index in [1.54, 1.807) is 0 Å². The van der Waals surface area contributed by atoms with Crippen LogP contribution in [0.2, 0.25) is 5.02 Å². The van der Waals surface area contributed by atoms with Crippen LogP contribution in [0.3, 0.4) is 0 Å². The number of halogens is 2. The lowest BCUT2D eigenvalue weighted by molar-refractivity contribution is 0.156. The zero-order chi connectivity index (χ0) is 12.2. The van der Waals surface area contributed by atoms with Gasteiger partial charge in [0, 0.05) is 34.6 Å². The van der Waals surface area contributed by atoms with Crippen molar-refractivity contribution in [2.24, 2.45) is 5.41 Å². The molecule has 0 bridgehead atoms. The molecule has 0 atom stereocenters. The van der Waals surface area contributed by atoms with E-state index in [4.69, 9.17) is 16.7 Å². The van der Waals surface area contributed by atoms with E-state index in [-0.39, 0.29) is 12.0 Å². The molecule has 16 heavy (non-hydrogen) atoms. The van der Waals surface area contributed by atoms with Gasteiger partial charge >= 0.3 is 0 Å². The summed E-state index contributed by atoms with van der Waals surface area (Å²) >= 11 is 9.46. The highest BCUT2D eigenvalue weighted by Crippen LogP contribution is 2.21. The maximum Gasteiger partial charge on any atom is 0.0494 e. The van der Waals surface area contributed by atoms with Gasteiger partial charge in [-0.3, -0.25) is 0 Å². The minimum absolute atomic E-state index is 0.0954. The summed E-state index contributed by atoms with van der Waals surface area (Å²) in [6.45, 7) is 5.69. The standard InChI is InChI=1S/C12H17BrClNO/c1-12(2,8-16)7-15-6-9-3-4-10(13)5-11(9)14/h3-5,15-16H,6-8H2,1-2H3. The average molecular weight is 307 g/mol. The molecule has 2 N–H and O–H groups in total. The fraction of sp³-hybridized carbons (Fsp3) is 0.500. The molecular formula is C12H17BrClNO. The normalized spacial score (nSPS) is 11.8. The van der Waals surface area contributed by atoms with E-state index in [0.717, 1.165) is 28.1 Å². The van der Waals surface area contributed by atoms with Gasteiger partial charge in [0.2, 0.25) is 0 Å². The van der Waals surface area contributed by atoms with Gasteiger partial charge in [0.25, 0.3) is 0 Å². The molecule has 0 aliphatic heterocycles. The van der Waals surface area contributed by atoms with Crippen LogP contribution < -0.4 is 5.32 Å². The molecular weight excluding hydrogens is 289 g/mol. The second-order valence-electron chi connectivity index (χ2n) is 4.66. The Bertz CT molecular complexity index is 355. The molecule has 0 aromatic heterocycles. The largest absolute Gasteiger partial charge is 0.396 e. The van der Waals surface area contributed by atoms with E-state index in [2.05, 4.69) is 21.2 Å². The lowest BCUT2D eigenvalue weighted by Gasteiger charge is -2.22. The third-order valence-electron chi connectivity index (χ3n) is 2.36. The first-order valence-corrected chi connectivity index (χ1v) is 6.37. The molecule has 0 spiro atoms. The highest BCUT2D eigenvalue weighted by molar-refractivity contribution is 9.10. The molecule has 0 aliphatic rings. The van der Waals surface area contributed by atoms with Crippen LogP contribution in [0, 0.1) is 5.41 Å². The molecule has 0 saturated carbocycles. The van der Waals surface area contributed by atoms with Crippen LogP contribution in [0.5, 0.6) is 0 Å². The number of benzene rings is 1. The molecule has 0 saturated heterocycles. The molecule has 1 aromatic carbocycles. The molecule has 0 aliphatic carbocycles. The molecule has 90 valence electrons. The van der Waals surface area contributed by atoms with Gasteiger partial charge < -0.3 is 10.4 Å². The summed E-state index contributed by atoms with van der Waals surface area (Å²) in [5.74, 6) is 0. The predicted octanol–water partition coefficient (Wildman–Crippen LogP) is 3.21. The van der Waals surface area contributed by atoms with E-state index >= 15 is 0 Å². The molecule has 1 aromatic rings. The van der Waals surface area contributed by atoms with Gasteiger partial charge in [0.15, 0.2) is 0 Å². The Kier molecular flexibility index (Phi) is 5.25. The molecule has 1 rings (SSSR count). The number of aliphatic hydroxyl groups is 1. The Balaban J connectivity index is 2.49. The topological polar surface area (TPSA) is 32.3 Å². The van der Waals surface area contributed by atoms with Crippen LogP contribution in [-0.4, -0.2) is 18.3 Å². The minimum Gasteiger partial charge on any atom is -0.396 e. The summed E-state index contributed by atoms with van der Waals surface area (Å²) in [5, 5.41) is 13.2. The fourth-order valence-corrected chi connectivity index (χ4v) is 2.00. The number of hydrogen-bond acceptors (Lipinski definition) is 2. The van der Waals surface area contributed by atoms with E-state index in [9.17, 15) is 0 Å². The average Bonchev–Trinajstić information content (AvgIpc) is 2.21. The molecule has 0 amide bonds. The third kappa shape index (κ3) is 4.42. The molecule has 0 heterocycles. The highest BCUT2D eigenvalue weighted by atomic mass is 79.9. The van der Waals surface area contributed by atoms with Gasteiger partial charge in [-0.1, -0.05) is 47.4 Å². The van der Waals surface area contributed by atoms with Crippen molar-refractivity contribution >= 4 is 27.5 Å². The van der Waals surface area contributed by atoms with Crippen molar-refractivity contribution in [3.8, 4) is 0 Å². The first-order valence-electron chi connectivity index (χ1n) is 5.20. The summed E-state index contributed by atoms with van der Waals surface area (Å²) in [6.07, 6.45) is 0. The Morgan fingerprint density at radius 3 is 2.69 bits per heavy atom. The van der Waals surface area contributed by atoms with E-state index in [0.29, 0.717) is 0 Å². The van der Waals surface area contributed by atoms with Gasteiger partial charge in [-0.15, -0.1) is 0 Å². The van der Waals surface area contributed by atoms with Crippen molar-refractivity contribution in [3.05, 3.63) is 33.3 Å². The Labute approximate surface area is 110 Å². The monoisotopic (exact) mass is 305 g/mol. The molecule has 2 nitrogen and oxygen atoms in total. The first kappa shape index (κ1) is 14.0. The van der Waals surface area contributed by atoms with Crippen LogP contribution in [-0.2, 0) is 6.54 Å². The Morgan fingerprint density at radius 1 is 1.44 bits per heavy atom. The SMILES string of the molecule is CC(C)(CO)CNCc1ccc(Br)cc1Cl. The lowest BCUT2D eigenvalue weighted by atomic mass is 9.95. The zero-order valence-electron chi connectivity index (χ0n) is 9.56. The van der Waals surface area contributed by atoms with Crippen molar-refractivity contribution in [1.29, 1.82) is 0 Å². The summed E-state index contributed by atoms with van der Waals surface area (Å²) in [4.78, 5) is 0. The Hall–Kier alpha value is -0.0900. The second kappa shape index (κ2) is 6.01. The van der Waals surface area contributed by atoms with Crippen LogP contribution in [0.15, 0.2) is 22.7 Å². The van der Waals surface area contributed by atoms with Crippen LogP contribution >= 0.6 is 27.5 Å². The summed E-state index contributed by atoms with van der Waals surface area (Å²) in [7, 11) is 0. The zero-order valence-corrected chi connectivity index (χ0v) is 11.9. The van der Waals surface area contributed by atoms with Gasteiger partial charge in [-0.25, -0.2) is 0 Å². The summed E-state index contributed by atoms with van der Waals surface area (Å²) in [6, 6.07) is 5.85. The maximum atomic E-state index is 9.11. The number of nitrogens with one attached hydrogen (secondary N) is 1. The second-order valence-corrected chi connectivity index (χ2v) is 5.98. The summed E-state index contributed by atoms with van der Waals surface area (Å²) < 4.78 is 0.983. The van der Waals surface area contributed by atoms with Gasteiger partial charge in [0.1, 0.15) is 0 Å². The predicted molar refractivity (Wildman–Crippen MR) is 71.7 cm³/mol. The maximum absolute atomic E-state index is 9.11. The smallest absolute Gasteiger partial charge is 0.0494 e. The fourth-order valence-electron chi connectivity index (χ4n) is 1.26. The third-order valence-corrected chi connectivity index (χ3v) is 3.21. The van der Waals surface area contributed by atoms with Gasteiger partial charge in [-0.05, 0) is 17.7 Å². The van der Waals surface area contributed by atoms with Crippen molar-refractivity contribution in [2.45, 2.75) is 20.4 Å². The molecule has 0 radical (unpaired) electrons. The number of aliphatic hydroxyl groups excluding tert-OH is 1. The van der Waals surface area contributed by atoms with Crippen LogP contribution in [0.1, 0.15) is 19.4 Å².